The molecule has 0 radical (unpaired) electrons. The van der Waals surface area contributed by atoms with Crippen molar-refractivity contribution in [1.29, 1.82) is 0 Å². The van der Waals surface area contributed by atoms with Crippen LogP contribution in [0.2, 0.25) is 0 Å². The lowest BCUT2D eigenvalue weighted by Crippen LogP contribution is -2.27. The molecule has 4 heteroatoms. The highest BCUT2D eigenvalue weighted by atomic mass is 32.1. The molecule has 0 bridgehead atoms. The molecule has 1 heterocycles. The number of rotatable bonds is 3. The third-order valence-corrected chi connectivity index (χ3v) is 4.43. The highest BCUT2D eigenvalue weighted by Gasteiger charge is 2.23. The van der Waals surface area contributed by atoms with Gasteiger partial charge < -0.3 is 5.32 Å². The van der Waals surface area contributed by atoms with Gasteiger partial charge in [-0.05, 0) is 18.8 Å². The van der Waals surface area contributed by atoms with E-state index < -0.39 is 0 Å². The first-order valence-corrected chi connectivity index (χ1v) is 7.87. The lowest BCUT2D eigenvalue weighted by molar-refractivity contribution is 0.327. The molecule has 1 aromatic heterocycles. The van der Waals surface area contributed by atoms with Gasteiger partial charge in [-0.15, -0.1) is 0 Å². The van der Waals surface area contributed by atoms with Gasteiger partial charge in [-0.1, -0.05) is 47.0 Å². The summed E-state index contributed by atoms with van der Waals surface area (Å²) in [4.78, 5) is 4.62. The van der Waals surface area contributed by atoms with Gasteiger partial charge in [0.15, 0.2) is 0 Å². The largest absolute Gasteiger partial charge is 0.358 e. The summed E-state index contributed by atoms with van der Waals surface area (Å²) in [6.45, 7) is 8.78. The Morgan fingerprint density at radius 1 is 1.33 bits per heavy atom. The first-order chi connectivity index (χ1) is 8.49. The quantitative estimate of drug-likeness (QED) is 0.891. The van der Waals surface area contributed by atoms with E-state index in [2.05, 4.69) is 42.4 Å². The fraction of sp³-hybridized carbons (Fsp3) is 0.857. The molecule has 2 atom stereocenters. The summed E-state index contributed by atoms with van der Waals surface area (Å²) in [5, 5.41) is 4.58. The van der Waals surface area contributed by atoms with Gasteiger partial charge in [-0.25, -0.2) is 4.98 Å². The Balaban J connectivity index is 1.95. The molecule has 1 saturated carbocycles. The standard InChI is InChI=1S/C14H25N3S/c1-5-10-7-6-8-11(9-10)15-13-16-12(17-18-13)14(2,3)4/h10-11H,5-9H2,1-4H3,(H,15,16,17). The van der Waals surface area contributed by atoms with Crippen LogP contribution in [0.5, 0.6) is 0 Å². The minimum Gasteiger partial charge on any atom is -0.358 e. The van der Waals surface area contributed by atoms with Gasteiger partial charge >= 0.3 is 0 Å². The van der Waals surface area contributed by atoms with Gasteiger partial charge in [0.25, 0.3) is 0 Å². The van der Waals surface area contributed by atoms with E-state index in [0.29, 0.717) is 6.04 Å². The Morgan fingerprint density at radius 2 is 2.11 bits per heavy atom. The summed E-state index contributed by atoms with van der Waals surface area (Å²) in [5.74, 6) is 1.85. The van der Waals surface area contributed by atoms with Gasteiger partial charge in [0.1, 0.15) is 5.82 Å². The summed E-state index contributed by atoms with van der Waals surface area (Å²) in [6.07, 6.45) is 6.63. The molecular formula is C14H25N3S. The predicted molar refractivity (Wildman–Crippen MR) is 78.3 cm³/mol. The van der Waals surface area contributed by atoms with Gasteiger partial charge in [0.05, 0.1) is 0 Å². The maximum Gasteiger partial charge on any atom is 0.202 e. The second-order valence-electron chi connectivity index (χ2n) is 6.46. The number of hydrogen-bond acceptors (Lipinski definition) is 4. The molecule has 2 unspecified atom stereocenters. The Labute approximate surface area is 115 Å². The number of nitrogens with one attached hydrogen (secondary N) is 1. The molecule has 0 aliphatic heterocycles. The number of aromatic nitrogens is 2. The lowest BCUT2D eigenvalue weighted by Gasteiger charge is -2.28. The minimum absolute atomic E-state index is 0.0505. The van der Waals surface area contributed by atoms with Crippen molar-refractivity contribution < 1.29 is 0 Å². The van der Waals surface area contributed by atoms with E-state index in [1.165, 1.54) is 43.6 Å². The van der Waals surface area contributed by atoms with Crippen LogP contribution in [0.1, 0.15) is 65.6 Å². The molecular weight excluding hydrogens is 242 g/mol. The molecule has 3 nitrogen and oxygen atoms in total. The number of hydrogen-bond donors (Lipinski definition) is 1. The fourth-order valence-corrected chi connectivity index (χ4v) is 3.39. The van der Waals surface area contributed by atoms with E-state index in [-0.39, 0.29) is 5.41 Å². The highest BCUT2D eigenvalue weighted by Crippen LogP contribution is 2.30. The number of nitrogens with zero attached hydrogens (tertiary/aromatic N) is 2. The van der Waals surface area contributed by atoms with Crippen LogP contribution < -0.4 is 5.32 Å². The lowest BCUT2D eigenvalue weighted by atomic mass is 9.84. The molecule has 1 aliphatic carbocycles. The van der Waals surface area contributed by atoms with Crippen LogP contribution in [0.4, 0.5) is 5.13 Å². The molecule has 1 fully saturated rings. The molecule has 0 amide bonds. The van der Waals surface area contributed by atoms with E-state index in [4.69, 9.17) is 0 Å². The normalized spacial score (nSPS) is 25.1. The molecule has 0 aromatic carbocycles. The Bertz CT molecular complexity index is 381. The molecule has 18 heavy (non-hydrogen) atoms. The van der Waals surface area contributed by atoms with Crippen molar-refractivity contribution in [3.63, 3.8) is 0 Å². The second kappa shape index (κ2) is 5.55. The average Bonchev–Trinajstić information content (AvgIpc) is 2.77. The van der Waals surface area contributed by atoms with E-state index >= 15 is 0 Å². The molecule has 1 aliphatic rings. The molecule has 1 aromatic rings. The summed E-state index contributed by atoms with van der Waals surface area (Å²) < 4.78 is 4.46. The third-order valence-electron chi connectivity index (χ3n) is 3.78. The summed E-state index contributed by atoms with van der Waals surface area (Å²) >= 11 is 1.51. The predicted octanol–water partition coefficient (Wildman–Crippen LogP) is 4.22. The monoisotopic (exact) mass is 267 g/mol. The Kier molecular flexibility index (Phi) is 4.25. The second-order valence-corrected chi connectivity index (χ2v) is 7.21. The van der Waals surface area contributed by atoms with Crippen LogP contribution in [-0.2, 0) is 5.41 Å². The van der Waals surface area contributed by atoms with Crippen molar-refractivity contribution in [2.45, 2.75) is 71.3 Å². The van der Waals surface area contributed by atoms with Crippen molar-refractivity contribution in [1.82, 2.24) is 9.36 Å². The van der Waals surface area contributed by atoms with Crippen LogP contribution in [0.15, 0.2) is 0 Å². The smallest absolute Gasteiger partial charge is 0.202 e. The molecule has 1 N–H and O–H groups in total. The molecule has 0 saturated heterocycles. The van der Waals surface area contributed by atoms with Crippen LogP contribution in [-0.4, -0.2) is 15.4 Å². The maximum atomic E-state index is 4.62. The average molecular weight is 267 g/mol. The van der Waals surface area contributed by atoms with Crippen molar-refractivity contribution in [3.8, 4) is 0 Å². The maximum absolute atomic E-state index is 4.62. The topological polar surface area (TPSA) is 37.8 Å². The van der Waals surface area contributed by atoms with Gasteiger partial charge in [-0.2, -0.15) is 4.37 Å². The van der Waals surface area contributed by atoms with Crippen LogP contribution in [0.25, 0.3) is 0 Å². The van der Waals surface area contributed by atoms with Crippen molar-refractivity contribution in [2.75, 3.05) is 5.32 Å². The summed E-state index contributed by atoms with van der Waals surface area (Å²) in [5.41, 5.74) is 0.0505. The van der Waals surface area contributed by atoms with Crippen LogP contribution in [0, 0.1) is 5.92 Å². The van der Waals surface area contributed by atoms with E-state index in [1.54, 1.807) is 0 Å². The summed E-state index contributed by atoms with van der Waals surface area (Å²) in [6, 6.07) is 0.601. The van der Waals surface area contributed by atoms with Crippen LogP contribution in [0.3, 0.4) is 0 Å². The third kappa shape index (κ3) is 3.44. The van der Waals surface area contributed by atoms with E-state index in [9.17, 15) is 0 Å². The first-order valence-electron chi connectivity index (χ1n) is 7.09. The zero-order valence-electron chi connectivity index (χ0n) is 12.0. The van der Waals surface area contributed by atoms with E-state index in [1.807, 2.05) is 0 Å². The van der Waals surface area contributed by atoms with E-state index in [0.717, 1.165) is 16.9 Å². The van der Waals surface area contributed by atoms with Crippen LogP contribution >= 0.6 is 11.5 Å². The first kappa shape index (κ1) is 13.8. The highest BCUT2D eigenvalue weighted by molar-refractivity contribution is 7.09. The molecule has 102 valence electrons. The van der Waals surface area contributed by atoms with Crippen molar-refractivity contribution in [3.05, 3.63) is 5.82 Å². The summed E-state index contributed by atoms with van der Waals surface area (Å²) in [7, 11) is 0. The Morgan fingerprint density at radius 3 is 2.72 bits per heavy atom. The van der Waals surface area contributed by atoms with Crippen molar-refractivity contribution >= 4 is 16.7 Å². The van der Waals surface area contributed by atoms with Gasteiger partial charge in [0.2, 0.25) is 5.13 Å². The van der Waals surface area contributed by atoms with Gasteiger partial charge in [0, 0.05) is 23.0 Å². The van der Waals surface area contributed by atoms with Gasteiger partial charge in [-0.3, -0.25) is 0 Å². The zero-order chi connectivity index (χ0) is 13.2. The molecule has 0 spiro atoms. The zero-order valence-corrected chi connectivity index (χ0v) is 12.8. The Hall–Kier alpha value is -0.640. The SMILES string of the molecule is CCC1CCCC(Nc2nc(C(C)(C)C)ns2)C1. The van der Waals surface area contributed by atoms with Crippen molar-refractivity contribution in [2.24, 2.45) is 5.92 Å². The fourth-order valence-electron chi connectivity index (χ4n) is 2.55. The molecule has 2 rings (SSSR count). The number of anilines is 1. The minimum atomic E-state index is 0.0505.